The summed E-state index contributed by atoms with van der Waals surface area (Å²) >= 11 is 0. The van der Waals surface area contributed by atoms with E-state index in [0.717, 1.165) is 28.2 Å². The molecule has 3 aromatic rings. The van der Waals surface area contributed by atoms with Gasteiger partial charge in [0, 0.05) is 32.5 Å². The number of hydrogen-bond acceptors (Lipinski definition) is 4. The molecule has 0 atom stereocenters. The van der Waals surface area contributed by atoms with E-state index >= 15 is 0 Å². The van der Waals surface area contributed by atoms with Crippen molar-refractivity contribution in [2.24, 2.45) is 11.8 Å². The Kier molecular flexibility index (Phi) is 8.81. The minimum atomic E-state index is 0. The van der Waals surface area contributed by atoms with Gasteiger partial charge in [-0.3, -0.25) is 9.97 Å². The summed E-state index contributed by atoms with van der Waals surface area (Å²) in [7, 11) is 0. The number of ether oxygens (including phenoxy) is 2. The van der Waals surface area contributed by atoms with Gasteiger partial charge in [0.05, 0.1) is 19.0 Å². The van der Waals surface area contributed by atoms with Crippen molar-refractivity contribution in [3.05, 3.63) is 60.9 Å². The molecule has 29 heavy (non-hydrogen) atoms. The minimum absolute atomic E-state index is 0. The van der Waals surface area contributed by atoms with Crippen molar-refractivity contribution < 1.29 is 29.6 Å². The topological polar surface area (TPSA) is 44.2 Å². The monoisotopic (exact) mass is 568 g/mol. The van der Waals surface area contributed by atoms with Crippen LogP contribution in [0, 0.1) is 17.9 Å². The summed E-state index contributed by atoms with van der Waals surface area (Å²) < 4.78 is 12.0. The van der Waals surface area contributed by atoms with Gasteiger partial charge in [-0.05, 0) is 35.6 Å². The Labute approximate surface area is 187 Å². The van der Waals surface area contributed by atoms with Gasteiger partial charge >= 0.3 is 0 Å². The molecular weight excluding hydrogens is 540 g/mol. The maximum absolute atomic E-state index is 6.05. The third-order valence-corrected chi connectivity index (χ3v) is 4.03. The number of hydrogen-bond donors (Lipinski definition) is 0. The zero-order valence-corrected chi connectivity index (χ0v) is 19.7. The van der Waals surface area contributed by atoms with Gasteiger partial charge in [0.15, 0.2) is 11.5 Å². The van der Waals surface area contributed by atoms with E-state index in [1.807, 2.05) is 36.4 Å². The van der Waals surface area contributed by atoms with E-state index in [-0.39, 0.29) is 20.1 Å². The van der Waals surface area contributed by atoms with Gasteiger partial charge in [0.25, 0.3) is 0 Å². The summed E-state index contributed by atoms with van der Waals surface area (Å²) in [6.45, 7) is 9.85. The Hall–Kier alpha value is -2.23. The molecule has 0 spiro atoms. The fourth-order valence-electron chi connectivity index (χ4n) is 2.65. The molecule has 0 saturated carbocycles. The second-order valence-electron chi connectivity index (χ2n) is 7.63. The molecule has 0 fully saturated rings. The predicted octanol–water partition coefficient (Wildman–Crippen LogP) is 5.68. The molecule has 0 N–H and O–H groups in total. The van der Waals surface area contributed by atoms with Gasteiger partial charge in [-0.2, -0.15) is 0 Å². The molecule has 4 nitrogen and oxygen atoms in total. The van der Waals surface area contributed by atoms with Crippen molar-refractivity contribution in [3.8, 4) is 34.0 Å². The normalized spacial score (nSPS) is 10.7. The standard InChI is InChI=1S/C24H27N2O2.Ir/c1-17(2)15-27-22-10-9-20(14-23(22)28-16-18(3)4)19-7-5-8-21(13-19)24-25-11-6-12-26-24;/h5-7,9-14,17-18H,15-16H2,1-4H3;/q-1;. The van der Waals surface area contributed by atoms with Gasteiger partial charge < -0.3 is 9.47 Å². The zero-order valence-electron chi connectivity index (χ0n) is 17.3. The van der Waals surface area contributed by atoms with Crippen LogP contribution in [-0.2, 0) is 20.1 Å². The molecule has 0 unspecified atom stereocenters. The van der Waals surface area contributed by atoms with Crippen LogP contribution in [0.25, 0.3) is 22.5 Å². The first-order valence-electron chi connectivity index (χ1n) is 9.72. The van der Waals surface area contributed by atoms with Crippen LogP contribution in [0.1, 0.15) is 27.7 Å². The van der Waals surface area contributed by atoms with E-state index < -0.39 is 0 Å². The van der Waals surface area contributed by atoms with Gasteiger partial charge in [-0.15, -0.1) is 35.4 Å². The van der Waals surface area contributed by atoms with Crippen LogP contribution in [0.4, 0.5) is 0 Å². The fraction of sp³-hybridized carbons (Fsp3) is 0.333. The van der Waals surface area contributed by atoms with Crippen LogP contribution in [0.15, 0.2) is 54.9 Å². The van der Waals surface area contributed by atoms with Crippen LogP contribution in [0.2, 0.25) is 0 Å². The predicted molar refractivity (Wildman–Crippen MR) is 112 cm³/mol. The van der Waals surface area contributed by atoms with Gasteiger partial charge in [0.2, 0.25) is 0 Å². The number of benzene rings is 2. The summed E-state index contributed by atoms with van der Waals surface area (Å²) in [5.41, 5.74) is 2.98. The third-order valence-electron chi connectivity index (χ3n) is 4.03. The first kappa shape index (κ1) is 23.1. The maximum Gasteiger partial charge on any atom is 0.161 e. The fourth-order valence-corrected chi connectivity index (χ4v) is 2.65. The Bertz CT molecular complexity index is 898. The Morgan fingerprint density at radius 1 is 0.828 bits per heavy atom. The number of aromatic nitrogens is 2. The molecule has 155 valence electrons. The van der Waals surface area contributed by atoms with Crippen molar-refractivity contribution in [1.82, 2.24) is 9.97 Å². The van der Waals surface area contributed by atoms with E-state index in [9.17, 15) is 0 Å². The van der Waals surface area contributed by atoms with E-state index in [4.69, 9.17) is 9.47 Å². The summed E-state index contributed by atoms with van der Waals surface area (Å²) in [5.74, 6) is 3.12. The molecule has 1 radical (unpaired) electrons. The average molecular weight is 568 g/mol. The molecule has 1 heterocycles. The van der Waals surface area contributed by atoms with E-state index in [1.54, 1.807) is 12.4 Å². The number of rotatable bonds is 8. The average Bonchev–Trinajstić information content (AvgIpc) is 2.71. The van der Waals surface area contributed by atoms with Gasteiger partial charge in [-0.25, -0.2) is 0 Å². The van der Waals surface area contributed by atoms with Crippen molar-refractivity contribution in [2.75, 3.05) is 13.2 Å². The molecule has 2 aromatic carbocycles. The van der Waals surface area contributed by atoms with Gasteiger partial charge in [0.1, 0.15) is 0 Å². The maximum atomic E-state index is 6.05. The quantitative estimate of drug-likeness (QED) is 0.329. The Morgan fingerprint density at radius 2 is 1.45 bits per heavy atom. The molecular formula is C24H27IrN2O2-. The van der Waals surface area contributed by atoms with Gasteiger partial charge in [-0.1, -0.05) is 33.8 Å². The Morgan fingerprint density at radius 3 is 2.10 bits per heavy atom. The van der Waals surface area contributed by atoms with E-state index in [0.29, 0.717) is 30.9 Å². The summed E-state index contributed by atoms with van der Waals surface area (Å²) in [5, 5.41) is 0. The molecule has 0 aliphatic carbocycles. The largest absolute Gasteiger partial charge is 0.489 e. The van der Waals surface area contributed by atoms with Crippen LogP contribution in [0.3, 0.4) is 0 Å². The zero-order chi connectivity index (χ0) is 19.9. The van der Waals surface area contributed by atoms with Crippen LogP contribution in [0.5, 0.6) is 11.5 Å². The molecule has 5 heteroatoms. The van der Waals surface area contributed by atoms with Crippen molar-refractivity contribution >= 4 is 0 Å². The first-order valence-corrected chi connectivity index (χ1v) is 9.72. The van der Waals surface area contributed by atoms with Crippen LogP contribution in [-0.4, -0.2) is 23.2 Å². The molecule has 1 aromatic heterocycles. The molecule has 3 rings (SSSR count). The first-order chi connectivity index (χ1) is 13.5. The second kappa shape index (κ2) is 11.1. The van der Waals surface area contributed by atoms with Crippen LogP contribution < -0.4 is 9.47 Å². The minimum Gasteiger partial charge on any atom is -0.489 e. The number of nitrogens with zero attached hydrogens (tertiary/aromatic N) is 2. The SMILES string of the molecule is CC(C)COc1ccc(-c2cc[c-]c(-c3ncccn3)c2)cc1OCC(C)C.[Ir]. The smallest absolute Gasteiger partial charge is 0.161 e. The van der Waals surface area contributed by atoms with Crippen LogP contribution >= 0.6 is 0 Å². The van der Waals surface area contributed by atoms with E-state index in [2.05, 4.69) is 49.8 Å². The molecule has 0 amide bonds. The van der Waals surface area contributed by atoms with Crippen molar-refractivity contribution in [1.29, 1.82) is 0 Å². The Balaban J connectivity index is 0.00000300. The molecule has 0 bridgehead atoms. The summed E-state index contributed by atoms with van der Waals surface area (Å²) in [6, 6.07) is 17.1. The molecule has 0 aliphatic heterocycles. The second-order valence-corrected chi connectivity index (χ2v) is 7.63. The molecule has 0 saturated heterocycles. The van der Waals surface area contributed by atoms with Crippen molar-refractivity contribution in [2.45, 2.75) is 27.7 Å². The van der Waals surface area contributed by atoms with Crippen molar-refractivity contribution in [3.63, 3.8) is 0 Å². The summed E-state index contributed by atoms with van der Waals surface area (Å²) in [4.78, 5) is 8.64. The summed E-state index contributed by atoms with van der Waals surface area (Å²) in [6.07, 6.45) is 3.48. The molecule has 0 aliphatic rings. The van der Waals surface area contributed by atoms with E-state index in [1.165, 1.54) is 0 Å². The third kappa shape index (κ3) is 6.66.